The van der Waals surface area contributed by atoms with Crippen molar-refractivity contribution in [2.24, 2.45) is 4.99 Å². The fourth-order valence-corrected chi connectivity index (χ4v) is 4.47. The fraction of sp³-hybridized carbons (Fsp3) is 0.333. The lowest BCUT2D eigenvalue weighted by Crippen LogP contribution is -2.30. The van der Waals surface area contributed by atoms with Crippen molar-refractivity contribution in [1.82, 2.24) is 10.0 Å². The molecule has 0 bridgehead atoms. The first-order valence-corrected chi connectivity index (χ1v) is 11.2. The molecule has 154 valence electrons. The standard InChI is InChI=1S/C21H26N4O3S/c1-2-25(17-9-4-3-5-10-17)16-8-14-22-20(26)13-15-23-21-18-11-6-7-12-19(18)29(27,28)24-21/h3-7,9-12H,2,8,13-16H2,1H3,(H,22,26)(H,23,24). The first kappa shape index (κ1) is 20.9. The number of sulfonamides is 1. The van der Waals surface area contributed by atoms with Crippen LogP contribution in [-0.2, 0) is 14.8 Å². The van der Waals surface area contributed by atoms with Crippen molar-refractivity contribution in [2.75, 3.05) is 31.1 Å². The molecule has 2 N–H and O–H groups in total. The van der Waals surface area contributed by atoms with Gasteiger partial charge in [0.1, 0.15) is 5.84 Å². The number of para-hydroxylation sites is 1. The molecule has 1 aliphatic rings. The van der Waals surface area contributed by atoms with E-state index in [1.165, 1.54) is 5.69 Å². The summed E-state index contributed by atoms with van der Waals surface area (Å²) in [5.74, 6) is 0.209. The highest BCUT2D eigenvalue weighted by molar-refractivity contribution is 7.90. The minimum absolute atomic E-state index is 0.0914. The van der Waals surface area contributed by atoms with Gasteiger partial charge in [-0.2, -0.15) is 0 Å². The first-order chi connectivity index (χ1) is 14.0. The maximum Gasteiger partial charge on any atom is 0.263 e. The number of hydrogen-bond donors (Lipinski definition) is 2. The third-order valence-electron chi connectivity index (χ3n) is 4.70. The molecule has 0 fully saturated rings. The van der Waals surface area contributed by atoms with Gasteiger partial charge in [-0.1, -0.05) is 30.3 Å². The van der Waals surface area contributed by atoms with Crippen molar-refractivity contribution in [2.45, 2.75) is 24.7 Å². The lowest BCUT2D eigenvalue weighted by Gasteiger charge is -2.23. The zero-order valence-electron chi connectivity index (χ0n) is 16.5. The quantitative estimate of drug-likeness (QED) is 0.615. The number of anilines is 1. The van der Waals surface area contributed by atoms with Gasteiger partial charge in [0.15, 0.2) is 0 Å². The minimum atomic E-state index is -3.54. The van der Waals surface area contributed by atoms with E-state index in [4.69, 9.17) is 0 Å². The molecule has 0 aromatic heterocycles. The van der Waals surface area contributed by atoms with Crippen LogP contribution < -0.4 is 14.9 Å². The number of rotatable bonds is 9. The summed E-state index contributed by atoms with van der Waals surface area (Å²) in [6.45, 7) is 4.70. The van der Waals surface area contributed by atoms with Crippen LogP contribution in [0, 0.1) is 0 Å². The zero-order chi connectivity index (χ0) is 20.7. The van der Waals surface area contributed by atoms with Crippen molar-refractivity contribution in [1.29, 1.82) is 0 Å². The van der Waals surface area contributed by atoms with Crippen LogP contribution in [0.2, 0.25) is 0 Å². The highest BCUT2D eigenvalue weighted by Crippen LogP contribution is 2.22. The Morgan fingerprint density at radius 2 is 1.83 bits per heavy atom. The highest BCUT2D eigenvalue weighted by atomic mass is 32.2. The number of benzene rings is 2. The molecule has 0 saturated carbocycles. The monoisotopic (exact) mass is 414 g/mol. The van der Waals surface area contributed by atoms with Gasteiger partial charge in [0.2, 0.25) is 5.91 Å². The Bertz CT molecular complexity index is 974. The number of carbonyl (C=O) groups excluding carboxylic acids is 1. The number of nitrogens with zero attached hydrogens (tertiary/aromatic N) is 2. The molecule has 7 nitrogen and oxygen atoms in total. The van der Waals surface area contributed by atoms with Crippen LogP contribution >= 0.6 is 0 Å². The maximum absolute atomic E-state index is 12.0. The van der Waals surface area contributed by atoms with Gasteiger partial charge in [-0.25, -0.2) is 8.42 Å². The summed E-state index contributed by atoms with van der Waals surface area (Å²) in [6.07, 6.45) is 1.06. The molecule has 0 atom stereocenters. The van der Waals surface area contributed by atoms with Gasteiger partial charge < -0.3 is 10.2 Å². The molecule has 1 amide bonds. The van der Waals surface area contributed by atoms with E-state index >= 15 is 0 Å². The third-order valence-corrected chi connectivity index (χ3v) is 6.10. The van der Waals surface area contributed by atoms with Gasteiger partial charge in [-0.3, -0.25) is 14.5 Å². The topological polar surface area (TPSA) is 90.9 Å². The summed E-state index contributed by atoms with van der Waals surface area (Å²) < 4.78 is 26.5. The summed E-state index contributed by atoms with van der Waals surface area (Å²) >= 11 is 0. The Labute approximate surface area is 171 Å². The second-order valence-corrected chi connectivity index (χ2v) is 8.35. The van der Waals surface area contributed by atoms with Crippen molar-refractivity contribution in [3.63, 3.8) is 0 Å². The summed E-state index contributed by atoms with van der Waals surface area (Å²) in [5, 5.41) is 2.90. The van der Waals surface area contributed by atoms with Gasteiger partial charge in [-0.15, -0.1) is 0 Å². The predicted octanol–water partition coefficient (Wildman–Crippen LogP) is 2.15. The predicted molar refractivity (Wildman–Crippen MR) is 115 cm³/mol. The second-order valence-electron chi connectivity index (χ2n) is 6.70. The Kier molecular flexibility index (Phi) is 6.87. The van der Waals surface area contributed by atoms with Gasteiger partial charge in [-0.05, 0) is 37.6 Å². The summed E-state index contributed by atoms with van der Waals surface area (Å²) in [6, 6.07) is 16.9. The number of amides is 1. The Morgan fingerprint density at radius 1 is 1.10 bits per heavy atom. The molecule has 8 heteroatoms. The molecule has 3 rings (SSSR count). The number of aliphatic imine (C=N–C) groups is 1. The summed E-state index contributed by atoms with van der Waals surface area (Å²) in [4.78, 5) is 18.8. The van der Waals surface area contributed by atoms with Crippen LogP contribution in [0.4, 0.5) is 5.69 Å². The lowest BCUT2D eigenvalue weighted by atomic mass is 10.2. The van der Waals surface area contributed by atoms with Crippen molar-refractivity contribution in [3.8, 4) is 0 Å². The van der Waals surface area contributed by atoms with E-state index in [2.05, 4.69) is 39.0 Å². The summed E-state index contributed by atoms with van der Waals surface area (Å²) in [7, 11) is -3.54. The fourth-order valence-electron chi connectivity index (χ4n) is 3.22. The van der Waals surface area contributed by atoms with E-state index in [1.54, 1.807) is 24.3 Å². The van der Waals surface area contributed by atoms with Crippen LogP contribution in [0.15, 0.2) is 64.5 Å². The average Bonchev–Trinajstić information content (AvgIpc) is 2.99. The van der Waals surface area contributed by atoms with Crippen molar-refractivity contribution < 1.29 is 13.2 Å². The van der Waals surface area contributed by atoms with E-state index in [0.29, 0.717) is 17.9 Å². The maximum atomic E-state index is 12.0. The Morgan fingerprint density at radius 3 is 2.59 bits per heavy atom. The molecule has 1 heterocycles. The molecule has 2 aromatic rings. The smallest absolute Gasteiger partial charge is 0.263 e. The third kappa shape index (κ3) is 5.35. The lowest BCUT2D eigenvalue weighted by molar-refractivity contribution is -0.120. The number of amidine groups is 1. The molecule has 0 aliphatic carbocycles. The molecule has 0 radical (unpaired) electrons. The van der Waals surface area contributed by atoms with E-state index in [0.717, 1.165) is 19.5 Å². The molecule has 0 saturated heterocycles. The minimum Gasteiger partial charge on any atom is -0.372 e. The van der Waals surface area contributed by atoms with Crippen LogP contribution in [0.5, 0.6) is 0 Å². The molecule has 0 spiro atoms. The molecular formula is C21H26N4O3S. The number of nitrogens with one attached hydrogen (secondary N) is 2. The van der Waals surface area contributed by atoms with Crippen molar-refractivity contribution in [3.05, 3.63) is 60.2 Å². The number of fused-ring (bicyclic) bond motifs is 1. The van der Waals surface area contributed by atoms with E-state index in [-0.39, 0.29) is 23.8 Å². The highest BCUT2D eigenvalue weighted by Gasteiger charge is 2.29. The average molecular weight is 415 g/mol. The number of hydrogen-bond acceptors (Lipinski definition) is 5. The Balaban J connectivity index is 1.41. The molecule has 29 heavy (non-hydrogen) atoms. The van der Waals surface area contributed by atoms with Gasteiger partial charge >= 0.3 is 0 Å². The SMILES string of the molecule is CCN(CCCNC(=O)CCN=C1NS(=O)(=O)c2ccccc21)c1ccccc1. The molecule has 0 unspecified atom stereocenters. The zero-order valence-corrected chi connectivity index (χ0v) is 17.3. The second kappa shape index (κ2) is 9.56. The van der Waals surface area contributed by atoms with Crippen LogP contribution in [0.25, 0.3) is 0 Å². The van der Waals surface area contributed by atoms with Crippen LogP contribution in [0.3, 0.4) is 0 Å². The summed E-state index contributed by atoms with van der Waals surface area (Å²) in [5.41, 5.74) is 1.73. The van der Waals surface area contributed by atoms with Crippen LogP contribution in [-0.4, -0.2) is 46.3 Å². The molecular weight excluding hydrogens is 388 g/mol. The largest absolute Gasteiger partial charge is 0.372 e. The van der Waals surface area contributed by atoms with Gasteiger partial charge in [0, 0.05) is 37.3 Å². The normalized spacial score (nSPS) is 15.6. The van der Waals surface area contributed by atoms with Gasteiger partial charge in [0.25, 0.3) is 10.0 Å². The first-order valence-electron chi connectivity index (χ1n) is 9.74. The van der Waals surface area contributed by atoms with E-state index in [1.807, 2.05) is 18.2 Å². The van der Waals surface area contributed by atoms with Crippen LogP contribution in [0.1, 0.15) is 25.3 Å². The number of carbonyl (C=O) groups is 1. The van der Waals surface area contributed by atoms with E-state index in [9.17, 15) is 13.2 Å². The van der Waals surface area contributed by atoms with E-state index < -0.39 is 10.0 Å². The Hall–Kier alpha value is -2.87. The van der Waals surface area contributed by atoms with Crippen molar-refractivity contribution >= 4 is 27.5 Å². The van der Waals surface area contributed by atoms with Gasteiger partial charge in [0.05, 0.1) is 11.4 Å². The molecule has 2 aromatic carbocycles. The molecule has 1 aliphatic heterocycles.